The van der Waals surface area contributed by atoms with Gasteiger partial charge in [0.2, 0.25) is 17.7 Å². The molecule has 3 N–H and O–H groups in total. The number of imide groups is 1. The van der Waals surface area contributed by atoms with Crippen LogP contribution in [0, 0.1) is 31.5 Å². The molecule has 1 spiro atoms. The van der Waals surface area contributed by atoms with Crippen molar-refractivity contribution in [2.75, 3.05) is 10.2 Å². The number of nitrogens with one attached hydrogen (secondary N) is 2. The van der Waals surface area contributed by atoms with E-state index in [0.717, 1.165) is 16.7 Å². The van der Waals surface area contributed by atoms with Gasteiger partial charge in [-0.15, -0.1) is 0 Å². The maximum absolute atomic E-state index is 14.4. The van der Waals surface area contributed by atoms with Crippen LogP contribution in [-0.2, 0) is 26.3 Å². The smallest absolute Gasteiger partial charge is 0.250 e. The van der Waals surface area contributed by atoms with Gasteiger partial charge in [-0.1, -0.05) is 18.2 Å². The molecule has 36 heavy (non-hydrogen) atoms. The van der Waals surface area contributed by atoms with E-state index in [1.807, 2.05) is 19.9 Å². The quantitative estimate of drug-likeness (QED) is 0.495. The summed E-state index contributed by atoms with van der Waals surface area (Å²) in [7, 11) is 0. The first kappa shape index (κ1) is 22.4. The molecule has 0 bridgehead atoms. The van der Waals surface area contributed by atoms with Crippen molar-refractivity contribution in [3.63, 3.8) is 0 Å². The number of phenols is 1. The number of aromatic hydroxyl groups is 1. The molecule has 2 saturated heterocycles. The van der Waals surface area contributed by atoms with Crippen LogP contribution in [-0.4, -0.2) is 28.9 Å². The van der Waals surface area contributed by atoms with Crippen molar-refractivity contribution in [2.45, 2.75) is 31.8 Å². The second-order valence-electron chi connectivity index (χ2n) is 9.93. The average Bonchev–Trinajstić information content (AvgIpc) is 3.39. The monoisotopic (exact) mass is 485 g/mol. The van der Waals surface area contributed by atoms with Gasteiger partial charge in [-0.05, 0) is 79.4 Å². The maximum atomic E-state index is 14.4. The third-order valence-corrected chi connectivity index (χ3v) is 7.53. The summed E-state index contributed by atoms with van der Waals surface area (Å²) in [4.78, 5) is 42.7. The number of anilines is 2. The highest BCUT2D eigenvalue weighted by Gasteiger charge is 2.70. The highest BCUT2D eigenvalue weighted by molar-refractivity contribution is 6.25. The Bertz CT molecular complexity index is 1430. The van der Waals surface area contributed by atoms with Crippen LogP contribution in [0.2, 0.25) is 0 Å². The van der Waals surface area contributed by atoms with Crippen molar-refractivity contribution in [1.29, 1.82) is 0 Å². The van der Waals surface area contributed by atoms with Crippen LogP contribution in [0.1, 0.15) is 22.3 Å². The topological polar surface area (TPSA) is 98.7 Å². The van der Waals surface area contributed by atoms with Crippen LogP contribution in [0.15, 0.2) is 60.7 Å². The number of amides is 3. The predicted molar refractivity (Wildman–Crippen MR) is 131 cm³/mol. The molecule has 0 saturated carbocycles. The van der Waals surface area contributed by atoms with E-state index >= 15 is 0 Å². The third kappa shape index (κ3) is 3.10. The fourth-order valence-electron chi connectivity index (χ4n) is 6.17. The molecule has 3 aromatic rings. The van der Waals surface area contributed by atoms with Crippen LogP contribution < -0.4 is 15.5 Å². The molecule has 7 nitrogen and oxygen atoms in total. The standard InChI is InChI=1S/C28H24FN3O4/c1-14-9-15(2)11-18(10-14)32-25(34)23-22(12-16-3-6-19(33)7-4-16)31-28(24(23)26(32)35)20-13-17(29)5-8-21(20)30-27(28)36/h3-11,13,22-24,31,33H,12H2,1-2H3,(H,30,36)/t22-,23-,24+,28-/m1/s1. The van der Waals surface area contributed by atoms with Gasteiger partial charge in [0.15, 0.2) is 0 Å². The summed E-state index contributed by atoms with van der Waals surface area (Å²) >= 11 is 0. The summed E-state index contributed by atoms with van der Waals surface area (Å²) in [6, 6.07) is 15.5. The molecule has 0 radical (unpaired) electrons. The third-order valence-electron chi connectivity index (χ3n) is 7.53. The first-order valence-electron chi connectivity index (χ1n) is 11.8. The molecular weight excluding hydrogens is 461 g/mol. The molecule has 3 heterocycles. The Morgan fingerprint density at radius 2 is 1.64 bits per heavy atom. The van der Waals surface area contributed by atoms with Gasteiger partial charge in [-0.3, -0.25) is 19.7 Å². The van der Waals surface area contributed by atoms with Crippen LogP contribution in [0.4, 0.5) is 15.8 Å². The maximum Gasteiger partial charge on any atom is 0.250 e. The first-order chi connectivity index (χ1) is 17.2. The second kappa shape index (κ2) is 7.73. The molecule has 0 unspecified atom stereocenters. The molecule has 3 aliphatic heterocycles. The molecule has 6 rings (SSSR count). The minimum absolute atomic E-state index is 0.111. The Labute approximate surface area is 206 Å². The molecule has 4 atom stereocenters. The Morgan fingerprint density at radius 1 is 0.944 bits per heavy atom. The van der Waals surface area contributed by atoms with Crippen LogP contribution >= 0.6 is 0 Å². The lowest BCUT2D eigenvalue weighted by atomic mass is 9.76. The van der Waals surface area contributed by atoms with Crippen molar-refractivity contribution in [2.24, 2.45) is 11.8 Å². The molecule has 0 aromatic heterocycles. The normalized spacial score (nSPS) is 26.5. The van der Waals surface area contributed by atoms with E-state index in [0.29, 0.717) is 23.4 Å². The van der Waals surface area contributed by atoms with Crippen molar-refractivity contribution < 1.29 is 23.9 Å². The van der Waals surface area contributed by atoms with Gasteiger partial charge in [0.25, 0.3) is 0 Å². The molecule has 3 aromatic carbocycles. The molecule has 3 amide bonds. The van der Waals surface area contributed by atoms with E-state index in [2.05, 4.69) is 10.6 Å². The number of halogens is 1. The zero-order chi connectivity index (χ0) is 25.4. The van der Waals surface area contributed by atoms with E-state index in [9.17, 15) is 23.9 Å². The second-order valence-corrected chi connectivity index (χ2v) is 9.93. The lowest BCUT2D eigenvalue weighted by molar-refractivity contribution is -0.130. The predicted octanol–water partition coefficient (Wildman–Crippen LogP) is 3.32. The minimum atomic E-state index is -1.58. The van der Waals surface area contributed by atoms with Crippen molar-refractivity contribution in [1.82, 2.24) is 5.32 Å². The molecule has 0 aliphatic carbocycles. The summed E-state index contributed by atoms with van der Waals surface area (Å²) in [6.07, 6.45) is 0.334. The van der Waals surface area contributed by atoms with E-state index in [1.54, 1.807) is 36.4 Å². The number of hydrogen-bond acceptors (Lipinski definition) is 5. The molecular formula is C28H24FN3O4. The van der Waals surface area contributed by atoms with E-state index in [1.165, 1.54) is 23.1 Å². The van der Waals surface area contributed by atoms with Crippen molar-refractivity contribution in [3.05, 3.63) is 88.7 Å². The van der Waals surface area contributed by atoms with Gasteiger partial charge < -0.3 is 10.4 Å². The number of benzene rings is 3. The zero-order valence-electron chi connectivity index (χ0n) is 19.7. The van der Waals surface area contributed by atoms with E-state index < -0.39 is 41.0 Å². The zero-order valence-corrected chi connectivity index (χ0v) is 19.7. The van der Waals surface area contributed by atoms with Crippen LogP contribution in [0.5, 0.6) is 5.75 Å². The van der Waals surface area contributed by atoms with Gasteiger partial charge in [-0.2, -0.15) is 0 Å². The number of hydrogen-bond donors (Lipinski definition) is 3. The van der Waals surface area contributed by atoms with E-state index in [4.69, 9.17) is 0 Å². The summed E-state index contributed by atoms with van der Waals surface area (Å²) < 4.78 is 14.4. The van der Waals surface area contributed by atoms with Gasteiger partial charge in [0.05, 0.1) is 17.5 Å². The van der Waals surface area contributed by atoms with Gasteiger partial charge in [0.1, 0.15) is 17.1 Å². The number of phenolic OH excluding ortho intramolecular Hbond substituents is 1. The van der Waals surface area contributed by atoms with Gasteiger partial charge in [-0.25, -0.2) is 9.29 Å². The molecule has 182 valence electrons. The number of carbonyl (C=O) groups is 3. The number of aryl methyl sites for hydroxylation is 2. The molecule has 8 heteroatoms. The highest BCUT2D eigenvalue weighted by Crippen LogP contribution is 2.54. The number of rotatable bonds is 3. The lowest BCUT2D eigenvalue weighted by Crippen LogP contribution is -2.53. The number of carbonyl (C=O) groups excluding carboxylic acids is 3. The fourth-order valence-corrected chi connectivity index (χ4v) is 6.17. The first-order valence-corrected chi connectivity index (χ1v) is 11.8. The summed E-state index contributed by atoms with van der Waals surface area (Å²) in [6.45, 7) is 3.78. The number of nitrogens with zero attached hydrogens (tertiary/aromatic N) is 1. The Morgan fingerprint density at radius 3 is 2.33 bits per heavy atom. The Balaban J connectivity index is 1.51. The number of fused-ring (bicyclic) bond motifs is 4. The highest BCUT2D eigenvalue weighted by atomic mass is 19.1. The summed E-state index contributed by atoms with van der Waals surface area (Å²) in [5.74, 6) is -3.66. The van der Waals surface area contributed by atoms with E-state index in [-0.39, 0.29) is 11.7 Å². The SMILES string of the molecule is Cc1cc(C)cc(N2C(=O)[C@H]3[C@@H](C2=O)[C@@]2(N[C@@H]3Cc3ccc(O)cc3)C(=O)Nc3ccc(F)cc32)c1. The van der Waals surface area contributed by atoms with Gasteiger partial charge in [0, 0.05) is 17.3 Å². The molecule has 2 fully saturated rings. The van der Waals surface area contributed by atoms with Crippen LogP contribution in [0.3, 0.4) is 0 Å². The van der Waals surface area contributed by atoms with Crippen molar-refractivity contribution >= 4 is 29.1 Å². The Kier molecular flexibility index (Phi) is 4.82. The summed E-state index contributed by atoms with van der Waals surface area (Å²) in [5.41, 5.74) is 2.27. The van der Waals surface area contributed by atoms with Crippen LogP contribution in [0.25, 0.3) is 0 Å². The molecule has 3 aliphatic rings. The fraction of sp³-hybridized carbons (Fsp3) is 0.250. The average molecular weight is 486 g/mol. The summed E-state index contributed by atoms with van der Waals surface area (Å²) in [5, 5.41) is 15.8. The lowest BCUT2D eigenvalue weighted by Gasteiger charge is -2.29. The Hall–Kier alpha value is -4.04. The minimum Gasteiger partial charge on any atom is -0.508 e. The van der Waals surface area contributed by atoms with Crippen molar-refractivity contribution in [3.8, 4) is 5.75 Å². The van der Waals surface area contributed by atoms with Gasteiger partial charge >= 0.3 is 0 Å². The largest absolute Gasteiger partial charge is 0.508 e.